The summed E-state index contributed by atoms with van der Waals surface area (Å²) in [7, 11) is 1.93. The van der Waals surface area contributed by atoms with Crippen molar-refractivity contribution < 1.29 is 14.0 Å². The van der Waals surface area contributed by atoms with Gasteiger partial charge in [-0.05, 0) is 81.1 Å². The summed E-state index contributed by atoms with van der Waals surface area (Å²) in [6, 6.07) is 19.5. The van der Waals surface area contributed by atoms with Gasteiger partial charge < -0.3 is 15.4 Å². The number of hydrogen-bond donors (Lipinski definition) is 3. The van der Waals surface area contributed by atoms with Crippen molar-refractivity contribution >= 4 is 29.8 Å². The highest BCUT2D eigenvalue weighted by molar-refractivity contribution is 7.97. The number of hydrogen-bond acceptors (Lipinski definition) is 6. The number of benzene rings is 2. The lowest BCUT2D eigenvalue weighted by atomic mass is 10.1. The maximum Gasteiger partial charge on any atom is 0.270 e. The summed E-state index contributed by atoms with van der Waals surface area (Å²) in [6.45, 7) is 6.46. The molecule has 1 heterocycles. The lowest BCUT2D eigenvalue weighted by Crippen LogP contribution is -2.38. The number of aromatic nitrogens is 1. The van der Waals surface area contributed by atoms with Crippen molar-refractivity contribution in [2.75, 3.05) is 12.4 Å². The molecule has 0 bridgehead atoms. The standard InChI is InChI=1S/C15H13FN2O2.C11H18N2S/c16-12-6-7-14(17-9-12)15(20)18-13(10-19)8-11-4-2-1-3-5-11;1-11(2,3)13-14-10-7-5-9(12-4)6-8-10/h1-7,9-10,13H,8H2,(H,18,20);5-8,12-13H,1-4H3. The van der Waals surface area contributed by atoms with Crippen LogP contribution in [0.3, 0.4) is 0 Å². The number of nitrogens with one attached hydrogen (secondary N) is 3. The van der Waals surface area contributed by atoms with Crippen molar-refractivity contribution in [1.29, 1.82) is 0 Å². The van der Waals surface area contributed by atoms with E-state index in [0.29, 0.717) is 12.7 Å². The quantitative estimate of drug-likeness (QED) is 0.313. The van der Waals surface area contributed by atoms with Gasteiger partial charge in [-0.2, -0.15) is 0 Å². The Kier molecular flexibility index (Phi) is 10.7. The number of anilines is 1. The van der Waals surface area contributed by atoms with Gasteiger partial charge in [-0.3, -0.25) is 9.52 Å². The van der Waals surface area contributed by atoms with Crippen LogP contribution in [0.4, 0.5) is 10.1 Å². The maximum absolute atomic E-state index is 12.7. The SMILES string of the molecule is CNc1ccc(SNC(C)(C)C)cc1.O=CC(Cc1ccccc1)NC(=O)c1ccc(F)cn1. The molecule has 2 aromatic carbocycles. The van der Waals surface area contributed by atoms with Crippen LogP contribution in [0.15, 0.2) is 77.8 Å². The van der Waals surface area contributed by atoms with Crippen LogP contribution in [0.25, 0.3) is 0 Å². The van der Waals surface area contributed by atoms with E-state index in [9.17, 15) is 14.0 Å². The van der Waals surface area contributed by atoms with E-state index >= 15 is 0 Å². The van der Waals surface area contributed by atoms with Gasteiger partial charge in [0.05, 0.1) is 12.2 Å². The van der Waals surface area contributed by atoms with Crippen molar-refractivity contribution in [3.8, 4) is 0 Å². The molecule has 0 saturated carbocycles. The van der Waals surface area contributed by atoms with E-state index in [0.717, 1.165) is 23.5 Å². The minimum atomic E-state index is -0.642. The van der Waals surface area contributed by atoms with Crippen molar-refractivity contribution in [2.24, 2.45) is 0 Å². The van der Waals surface area contributed by atoms with E-state index in [1.165, 1.54) is 11.0 Å². The number of carbonyl (C=O) groups is 2. The third kappa shape index (κ3) is 10.1. The molecule has 1 unspecified atom stereocenters. The number of carbonyl (C=O) groups excluding carboxylic acids is 2. The fraction of sp³-hybridized carbons (Fsp3) is 0.269. The van der Waals surface area contributed by atoms with Gasteiger partial charge in [0.25, 0.3) is 5.91 Å². The van der Waals surface area contributed by atoms with Gasteiger partial charge in [-0.15, -0.1) is 0 Å². The number of pyridine rings is 1. The minimum Gasteiger partial charge on any atom is -0.388 e. The molecule has 1 aromatic heterocycles. The van der Waals surface area contributed by atoms with Crippen molar-refractivity contribution in [3.05, 3.63) is 90.0 Å². The molecule has 0 spiro atoms. The first-order valence-corrected chi connectivity index (χ1v) is 11.7. The first kappa shape index (κ1) is 27.0. The number of nitrogens with zero attached hydrogens (tertiary/aromatic N) is 1. The fourth-order valence-electron chi connectivity index (χ4n) is 2.66. The Morgan fingerprint density at radius 3 is 2.26 bits per heavy atom. The number of halogens is 1. The zero-order valence-corrected chi connectivity index (χ0v) is 20.7. The van der Waals surface area contributed by atoms with Crippen LogP contribution in [-0.2, 0) is 11.2 Å². The molecule has 0 radical (unpaired) electrons. The Morgan fingerprint density at radius 1 is 1.06 bits per heavy atom. The van der Waals surface area contributed by atoms with Crippen LogP contribution in [-0.4, -0.2) is 35.8 Å². The van der Waals surface area contributed by atoms with Crippen LogP contribution in [0.2, 0.25) is 0 Å². The van der Waals surface area contributed by atoms with Crippen molar-refractivity contribution in [1.82, 2.24) is 15.0 Å². The molecule has 3 aromatic rings. The maximum atomic E-state index is 12.7. The first-order chi connectivity index (χ1) is 16.2. The average Bonchev–Trinajstić information content (AvgIpc) is 2.83. The highest BCUT2D eigenvalue weighted by Gasteiger charge is 2.14. The molecule has 0 fully saturated rings. The third-order valence-electron chi connectivity index (χ3n) is 4.36. The summed E-state index contributed by atoms with van der Waals surface area (Å²) in [5.74, 6) is -1.02. The molecule has 0 aliphatic carbocycles. The molecule has 34 heavy (non-hydrogen) atoms. The van der Waals surface area contributed by atoms with Crippen LogP contribution < -0.4 is 15.4 Å². The van der Waals surface area contributed by atoms with Gasteiger partial charge in [0.2, 0.25) is 0 Å². The third-order valence-corrected chi connectivity index (χ3v) is 5.58. The van der Waals surface area contributed by atoms with E-state index < -0.39 is 17.8 Å². The molecule has 3 rings (SSSR count). The van der Waals surface area contributed by atoms with Crippen LogP contribution in [0.5, 0.6) is 0 Å². The second-order valence-electron chi connectivity index (χ2n) is 8.50. The smallest absolute Gasteiger partial charge is 0.270 e. The second kappa shape index (κ2) is 13.5. The Balaban J connectivity index is 0.000000257. The van der Waals surface area contributed by atoms with Gasteiger partial charge in [0, 0.05) is 23.2 Å². The first-order valence-electron chi connectivity index (χ1n) is 10.8. The van der Waals surface area contributed by atoms with E-state index in [-0.39, 0.29) is 11.2 Å². The molecule has 8 heteroatoms. The number of amides is 1. The summed E-state index contributed by atoms with van der Waals surface area (Å²) < 4.78 is 16.1. The monoisotopic (exact) mass is 482 g/mol. The number of aldehydes is 1. The fourth-order valence-corrected chi connectivity index (χ4v) is 3.35. The van der Waals surface area contributed by atoms with E-state index in [2.05, 4.69) is 65.4 Å². The van der Waals surface area contributed by atoms with E-state index in [4.69, 9.17) is 0 Å². The average molecular weight is 483 g/mol. The molecule has 6 nitrogen and oxygen atoms in total. The lowest BCUT2D eigenvalue weighted by Gasteiger charge is -2.19. The summed E-state index contributed by atoms with van der Waals surface area (Å²) in [5, 5.41) is 5.66. The summed E-state index contributed by atoms with van der Waals surface area (Å²) in [6.07, 6.45) is 2.04. The van der Waals surface area contributed by atoms with E-state index in [1.54, 1.807) is 11.9 Å². The molecule has 0 aliphatic heterocycles. The van der Waals surface area contributed by atoms with E-state index in [1.807, 2.05) is 37.4 Å². The molecule has 0 saturated heterocycles. The summed E-state index contributed by atoms with van der Waals surface area (Å²) >= 11 is 1.67. The topological polar surface area (TPSA) is 83.1 Å². The predicted molar refractivity (Wildman–Crippen MR) is 136 cm³/mol. The van der Waals surface area contributed by atoms with Crippen LogP contribution in [0.1, 0.15) is 36.8 Å². The minimum absolute atomic E-state index is 0.0753. The molecule has 180 valence electrons. The highest BCUT2D eigenvalue weighted by Crippen LogP contribution is 2.20. The number of rotatable bonds is 8. The summed E-state index contributed by atoms with van der Waals surface area (Å²) in [4.78, 5) is 27.8. The highest BCUT2D eigenvalue weighted by atomic mass is 32.2. The van der Waals surface area contributed by atoms with Crippen molar-refractivity contribution in [2.45, 2.75) is 43.7 Å². The van der Waals surface area contributed by atoms with Crippen molar-refractivity contribution in [3.63, 3.8) is 0 Å². The van der Waals surface area contributed by atoms with Crippen LogP contribution >= 0.6 is 11.9 Å². The molecule has 3 N–H and O–H groups in total. The molecular formula is C26H31FN4O2S. The van der Waals surface area contributed by atoms with Gasteiger partial charge in [-0.25, -0.2) is 9.37 Å². The largest absolute Gasteiger partial charge is 0.388 e. The summed E-state index contributed by atoms with van der Waals surface area (Å²) in [5.41, 5.74) is 2.31. The van der Waals surface area contributed by atoms with Gasteiger partial charge in [0.1, 0.15) is 17.8 Å². The normalized spacial score (nSPS) is 11.6. The lowest BCUT2D eigenvalue weighted by molar-refractivity contribution is -0.109. The zero-order valence-electron chi connectivity index (χ0n) is 19.8. The van der Waals surface area contributed by atoms with Crippen LogP contribution in [0, 0.1) is 5.82 Å². The van der Waals surface area contributed by atoms with Gasteiger partial charge >= 0.3 is 0 Å². The molecule has 1 atom stereocenters. The Morgan fingerprint density at radius 2 is 1.74 bits per heavy atom. The molecule has 0 aliphatic rings. The van der Waals surface area contributed by atoms with Gasteiger partial charge in [0.15, 0.2) is 0 Å². The molecule has 1 amide bonds. The Labute approximate surface area is 204 Å². The second-order valence-corrected chi connectivity index (χ2v) is 9.38. The van der Waals surface area contributed by atoms with Gasteiger partial charge in [-0.1, -0.05) is 30.3 Å². The Bertz CT molecular complexity index is 1020. The molecular weight excluding hydrogens is 451 g/mol. The Hall–Kier alpha value is -3.23. The zero-order chi connectivity index (χ0) is 25.0. The predicted octanol–water partition coefficient (Wildman–Crippen LogP) is 4.88.